The first-order valence-corrected chi connectivity index (χ1v) is 12.9. The molecule has 15 heteroatoms. The number of carbonyl (C=O) groups excluding carboxylic acids is 3. The maximum absolute atomic E-state index is 13.2. The number of aliphatic imine (C=N–C) groups is 1. The summed E-state index contributed by atoms with van der Waals surface area (Å²) in [6.07, 6.45) is 0.609. The van der Waals surface area contributed by atoms with Crippen molar-refractivity contribution in [3.63, 3.8) is 0 Å². The zero-order valence-electron chi connectivity index (χ0n) is 21.5. The first kappa shape index (κ1) is 31.4. The van der Waals surface area contributed by atoms with Gasteiger partial charge in [0.25, 0.3) is 0 Å². The number of H-pyrrole nitrogens is 1. The number of hydrogen-bond donors (Lipinski definition) is 10. The first-order valence-electron chi connectivity index (χ1n) is 12.2. The number of aromatic nitrogens is 1. The molecule has 1 aromatic heterocycles. The fourth-order valence-corrected chi connectivity index (χ4v) is 3.94. The van der Waals surface area contributed by atoms with E-state index in [-0.39, 0.29) is 37.5 Å². The lowest BCUT2D eigenvalue weighted by Crippen LogP contribution is -2.60. The van der Waals surface area contributed by atoms with Gasteiger partial charge in [-0.15, -0.1) is 0 Å². The number of aliphatic hydroxyl groups is 1. The van der Waals surface area contributed by atoms with Crippen molar-refractivity contribution < 1.29 is 29.4 Å². The van der Waals surface area contributed by atoms with Crippen molar-refractivity contribution in [2.24, 2.45) is 22.2 Å². The molecule has 0 aliphatic carbocycles. The van der Waals surface area contributed by atoms with Crippen molar-refractivity contribution in [2.45, 2.75) is 56.5 Å². The summed E-state index contributed by atoms with van der Waals surface area (Å²) in [6.45, 7) is 1.43. The van der Waals surface area contributed by atoms with Gasteiger partial charge < -0.3 is 48.3 Å². The van der Waals surface area contributed by atoms with E-state index in [0.29, 0.717) is 5.56 Å². The quantitative estimate of drug-likeness (QED) is 0.0493. The van der Waals surface area contributed by atoms with E-state index in [4.69, 9.17) is 17.2 Å². The van der Waals surface area contributed by atoms with E-state index in [2.05, 4.69) is 38.6 Å². The molecular formula is C24H36N8O6S. The number of nitrogens with one attached hydrogen (secondary N) is 4. The van der Waals surface area contributed by atoms with Gasteiger partial charge in [0.15, 0.2) is 5.96 Å². The number of nitrogens with two attached hydrogens (primary N) is 3. The number of thiol groups is 1. The highest BCUT2D eigenvalue weighted by Gasteiger charge is 2.32. The van der Waals surface area contributed by atoms with Crippen molar-refractivity contribution >= 4 is 53.2 Å². The van der Waals surface area contributed by atoms with E-state index in [1.54, 1.807) is 6.20 Å². The predicted molar refractivity (Wildman–Crippen MR) is 149 cm³/mol. The van der Waals surface area contributed by atoms with Crippen molar-refractivity contribution in [3.8, 4) is 0 Å². The summed E-state index contributed by atoms with van der Waals surface area (Å²) < 4.78 is 0. The Morgan fingerprint density at radius 2 is 1.72 bits per heavy atom. The molecule has 0 spiro atoms. The molecule has 214 valence electrons. The molecule has 39 heavy (non-hydrogen) atoms. The van der Waals surface area contributed by atoms with Gasteiger partial charge in [-0.25, -0.2) is 4.79 Å². The number of rotatable bonds is 15. The molecule has 3 amide bonds. The molecule has 14 nitrogen and oxygen atoms in total. The van der Waals surface area contributed by atoms with E-state index >= 15 is 0 Å². The number of benzene rings is 1. The largest absolute Gasteiger partial charge is 0.480 e. The Hall–Kier alpha value is -3.82. The van der Waals surface area contributed by atoms with Crippen LogP contribution < -0.4 is 33.2 Å². The van der Waals surface area contributed by atoms with Gasteiger partial charge >= 0.3 is 5.97 Å². The molecule has 0 aliphatic rings. The first-order chi connectivity index (χ1) is 18.4. The minimum atomic E-state index is -1.43. The Kier molecular flexibility index (Phi) is 12.0. The molecule has 5 unspecified atom stereocenters. The number of guanidine groups is 1. The van der Waals surface area contributed by atoms with Crippen LogP contribution in [0, 0.1) is 0 Å². The number of carbonyl (C=O) groups is 4. The fraction of sp³-hybridized carbons (Fsp3) is 0.458. The van der Waals surface area contributed by atoms with Crippen LogP contribution in [-0.2, 0) is 25.6 Å². The molecule has 2 aromatic rings. The van der Waals surface area contributed by atoms with E-state index in [1.807, 2.05) is 24.3 Å². The third-order valence-corrected chi connectivity index (χ3v) is 6.28. The molecule has 1 aromatic carbocycles. The number of amides is 3. The van der Waals surface area contributed by atoms with Crippen molar-refractivity contribution in [1.29, 1.82) is 0 Å². The lowest BCUT2D eigenvalue weighted by molar-refractivity contribution is -0.142. The van der Waals surface area contributed by atoms with Crippen LogP contribution in [0.5, 0.6) is 0 Å². The summed E-state index contributed by atoms with van der Waals surface area (Å²) in [5.74, 6) is -3.78. The molecule has 12 N–H and O–H groups in total. The van der Waals surface area contributed by atoms with Crippen LogP contribution in [0.3, 0.4) is 0 Å². The minimum Gasteiger partial charge on any atom is -0.480 e. The van der Waals surface area contributed by atoms with Crippen LogP contribution in [0.25, 0.3) is 10.9 Å². The molecular weight excluding hydrogens is 528 g/mol. The molecule has 0 saturated heterocycles. The highest BCUT2D eigenvalue weighted by atomic mass is 32.1. The van der Waals surface area contributed by atoms with Gasteiger partial charge in [-0.05, 0) is 31.4 Å². The Morgan fingerprint density at radius 3 is 2.33 bits per heavy atom. The van der Waals surface area contributed by atoms with E-state index < -0.39 is 54.0 Å². The monoisotopic (exact) mass is 564 g/mol. The lowest BCUT2D eigenvalue weighted by Gasteiger charge is -2.26. The van der Waals surface area contributed by atoms with Gasteiger partial charge in [-0.2, -0.15) is 12.6 Å². The topological polar surface area (TPSA) is 251 Å². The normalized spacial score (nSPS) is 14.9. The predicted octanol–water partition coefficient (Wildman–Crippen LogP) is -2.06. The highest BCUT2D eigenvalue weighted by Crippen LogP contribution is 2.19. The van der Waals surface area contributed by atoms with Gasteiger partial charge in [-0.1, -0.05) is 18.2 Å². The number of nitrogens with zero attached hydrogens (tertiary/aromatic N) is 1. The number of carboxylic acid groups (broad SMARTS) is 1. The van der Waals surface area contributed by atoms with Gasteiger partial charge in [0.1, 0.15) is 18.1 Å². The van der Waals surface area contributed by atoms with Crippen LogP contribution in [-0.4, -0.2) is 87.4 Å². The Balaban J connectivity index is 2.21. The van der Waals surface area contributed by atoms with Gasteiger partial charge in [0, 0.05) is 35.8 Å². The maximum atomic E-state index is 13.2. The van der Waals surface area contributed by atoms with Crippen molar-refractivity contribution in [3.05, 3.63) is 36.0 Å². The molecule has 0 bridgehead atoms. The van der Waals surface area contributed by atoms with Gasteiger partial charge in [-0.3, -0.25) is 19.4 Å². The van der Waals surface area contributed by atoms with Crippen molar-refractivity contribution in [1.82, 2.24) is 20.9 Å². The second-order valence-electron chi connectivity index (χ2n) is 8.99. The van der Waals surface area contributed by atoms with Crippen LogP contribution in [0.4, 0.5) is 0 Å². The molecule has 0 saturated carbocycles. The summed E-state index contributed by atoms with van der Waals surface area (Å²) in [5.41, 5.74) is 17.8. The third-order valence-electron chi connectivity index (χ3n) is 5.89. The molecule has 5 atom stereocenters. The minimum absolute atomic E-state index is 0.00279. The van der Waals surface area contributed by atoms with Crippen LogP contribution in [0.15, 0.2) is 35.5 Å². The van der Waals surface area contributed by atoms with Crippen LogP contribution in [0.1, 0.15) is 25.3 Å². The average Bonchev–Trinajstić information content (AvgIpc) is 3.30. The van der Waals surface area contributed by atoms with E-state index in [0.717, 1.165) is 10.9 Å². The smallest absolute Gasteiger partial charge is 0.326 e. The SMILES string of the molecule is CC(O)C(NC(=O)C(N)CS)C(=O)NC(CCCN=C(N)N)C(=O)NC(Cc1c[nH]c2ccccc12)C(=O)O. The van der Waals surface area contributed by atoms with Crippen LogP contribution >= 0.6 is 12.6 Å². The molecule has 1 heterocycles. The third kappa shape index (κ3) is 9.46. The van der Waals surface area contributed by atoms with Gasteiger partial charge in [0.05, 0.1) is 12.1 Å². The molecule has 0 aliphatic heterocycles. The number of para-hydroxylation sites is 1. The summed E-state index contributed by atoms with van der Waals surface area (Å²) in [4.78, 5) is 57.3. The Morgan fingerprint density at radius 1 is 1.05 bits per heavy atom. The summed E-state index contributed by atoms with van der Waals surface area (Å²) >= 11 is 3.94. The van der Waals surface area contributed by atoms with Gasteiger partial charge in [0.2, 0.25) is 17.7 Å². The van der Waals surface area contributed by atoms with E-state index in [1.165, 1.54) is 6.92 Å². The van der Waals surface area contributed by atoms with Crippen LogP contribution in [0.2, 0.25) is 0 Å². The Labute approximate surface area is 230 Å². The lowest BCUT2D eigenvalue weighted by atomic mass is 10.0. The molecule has 0 fully saturated rings. The number of hydrogen-bond acceptors (Lipinski definition) is 8. The number of fused-ring (bicyclic) bond motifs is 1. The summed E-state index contributed by atoms with van der Waals surface area (Å²) in [5, 5.41) is 28.0. The number of aliphatic carboxylic acids is 1. The second-order valence-corrected chi connectivity index (χ2v) is 9.35. The Bertz CT molecular complexity index is 1180. The fourth-order valence-electron chi connectivity index (χ4n) is 3.78. The number of aromatic amines is 1. The standard InChI is InChI=1S/C24H36N8O6S/c1-12(33)19(32-20(34)15(25)11-39)22(36)30-17(7-4-8-28-24(26)27)21(35)31-18(23(37)38)9-13-10-29-16-6-3-2-5-14(13)16/h2-3,5-6,10,12,15,17-19,29,33,39H,4,7-9,11,25H2,1H3,(H,30,36)(H,31,35)(H,32,34)(H,37,38)(H4,26,27,28). The highest BCUT2D eigenvalue weighted by molar-refractivity contribution is 7.80. The maximum Gasteiger partial charge on any atom is 0.326 e. The summed E-state index contributed by atoms with van der Waals surface area (Å²) in [6, 6.07) is 2.33. The van der Waals surface area contributed by atoms with Crippen molar-refractivity contribution in [2.75, 3.05) is 12.3 Å². The summed E-state index contributed by atoms with van der Waals surface area (Å²) in [7, 11) is 0. The molecule has 2 rings (SSSR count). The number of carboxylic acids is 1. The van der Waals surface area contributed by atoms with E-state index in [9.17, 15) is 29.4 Å². The zero-order chi connectivity index (χ0) is 29.1. The number of aliphatic hydroxyl groups excluding tert-OH is 1. The second kappa shape index (κ2) is 14.9. The average molecular weight is 565 g/mol. The zero-order valence-corrected chi connectivity index (χ0v) is 22.4. The molecule has 0 radical (unpaired) electrons.